The van der Waals surface area contributed by atoms with Crippen molar-refractivity contribution in [3.63, 3.8) is 0 Å². The zero-order valence-electron chi connectivity index (χ0n) is 11.3. The molecule has 2 aliphatic heterocycles. The van der Waals surface area contributed by atoms with E-state index < -0.39 is 12.6 Å². The van der Waals surface area contributed by atoms with Crippen molar-refractivity contribution >= 4 is 0 Å². The maximum absolute atomic E-state index is 12.7. The largest absolute Gasteiger partial charge is 0.293 e. The van der Waals surface area contributed by atoms with Gasteiger partial charge in [0.15, 0.2) is 0 Å². The number of rotatable bonds is 2. The Balaban J connectivity index is 2.32. The van der Waals surface area contributed by atoms with Gasteiger partial charge in [-0.1, -0.05) is 13.8 Å². The molecule has 0 N–H and O–H groups in total. The van der Waals surface area contributed by atoms with E-state index in [2.05, 4.69) is 13.8 Å². The molecule has 0 spiro atoms. The average Bonchev–Trinajstić information content (AvgIpc) is 2.64. The molecule has 0 radical (unpaired) electrons. The van der Waals surface area contributed by atoms with Gasteiger partial charge in [-0.2, -0.15) is 8.78 Å². The van der Waals surface area contributed by atoms with E-state index in [1.54, 1.807) is 4.90 Å². The summed E-state index contributed by atoms with van der Waals surface area (Å²) in [6.07, 6.45) is 0.671. The van der Waals surface area contributed by atoms with E-state index in [-0.39, 0.29) is 17.7 Å². The zero-order valence-corrected chi connectivity index (χ0v) is 9.32. The van der Waals surface area contributed by atoms with E-state index in [1.807, 2.05) is 0 Å². The predicted molar refractivity (Wildman–Crippen MR) is 56.9 cm³/mol. The summed E-state index contributed by atoms with van der Waals surface area (Å²) in [5.74, 6) is 0.397. The summed E-state index contributed by atoms with van der Waals surface area (Å²) in [6, 6.07) is 0. The molecule has 0 unspecified atom stereocenters. The van der Waals surface area contributed by atoms with Gasteiger partial charge in [0.25, 0.3) is 6.08 Å². The van der Waals surface area contributed by atoms with Crippen molar-refractivity contribution in [2.45, 2.75) is 45.1 Å². The molecule has 2 aliphatic rings. The van der Waals surface area contributed by atoms with E-state index in [9.17, 15) is 8.78 Å². The molecule has 2 rings (SSSR count). The maximum atomic E-state index is 12.7. The molecule has 0 aliphatic carbocycles. The molecule has 1 atom stereocenters. The van der Waals surface area contributed by atoms with Crippen LogP contribution in [-0.2, 0) is 0 Å². The second kappa shape index (κ2) is 3.85. The van der Waals surface area contributed by atoms with Gasteiger partial charge >= 0.3 is 0 Å². The van der Waals surface area contributed by atoms with Crippen LogP contribution in [0.4, 0.5) is 8.78 Å². The molecular weight excluding hydrogens is 196 g/mol. The fraction of sp³-hybridized carbons (Fsp3) is 0.833. The van der Waals surface area contributed by atoms with Crippen LogP contribution in [0, 0.1) is 5.92 Å². The van der Waals surface area contributed by atoms with Crippen molar-refractivity contribution in [2.75, 3.05) is 13.0 Å². The van der Waals surface area contributed by atoms with Crippen LogP contribution in [0.5, 0.6) is 0 Å². The van der Waals surface area contributed by atoms with E-state index in [4.69, 9.17) is 2.74 Å². The molecule has 0 aromatic carbocycles. The topological polar surface area (TPSA) is 3.24 Å². The van der Waals surface area contributed by atoms with Gasteiger partial charge in [0.05, 0.1) is 0 Å². The van der Waals surface area contributed by atoms with Gasteiger partial charge in [-0.05, 0) is 38.1 Å². The third-order valence-corrected chi connectivity index (χ3v) is 3.41. The van der Waals surface area contributed by atoms with Gasteiger partial charge in [0.1, 0.15) is 0 Å². The molecule has 0 bridgehead atoms. The molecule has 2 saturated heterocycles. The van der Waals surface area contributed by atoms with E-state index in [1.165, 1.54) is 0 Å². The number of halogens is 2. The smallest absolute Gasteiger partial charge is 0.270 e. The van der Waals surface area contributed by atoms with Crippen molar-refractivity contribution in [3.8, 4) is 0 Å². The lowest BCUT2D eigenvalue weighted by Gasteiger charge is -2.33. The molecule has 0 saturated carbocycles. The zero-order chi connectivity index (χ0) is 12.8. The van der Waals surface area contributed by atoms with Crippen molar-refractivity contribution in [3.05, 3.63) is 11.7 Å². The summed E-state index contributed by atoms with van der Waals surface area (Å²) in [6.45, 7) is 2.80. The highest BCUT2D eigenvalue weighted by Gasteiger charge is 2.47. The third-order valence-electron chi connectivity index (χ3n) is 3.41. The lowest BCUT2D eigenvalue weighted by molar-refractivity contribution is 0.163. The molecule has 0 amide bonds. The first kappa shape index (κ1) is 8.68. The van der Waals surface area contributed by atoms with Gasteiger partial charge in [-0.3, -0.25) is 4.90 Å². The van der Waals surface area contributed by atoms with Gasteiger partial charge in [-0.15, -0.1) is 0 Å². The Morgan fingerprint density at radius 3 is 2.93 bits per heavy atom. The Labute approximate surface area is 93.0 Å². The maximum Gasteiger partial charge on any atom is 0.270 e. The second-order valence-corrected chi connectivity index (χ2v) is 5.11. The summed E-state index contributed by atoms with van der Waals surface area (Å²) in [4.78, 5) is 1.68. The SMILES string of the molecule is [2H]C1([2H])CC[C@@]2(CC(C)C)CC(=C(F)F)CN12. The Morgan fingerprint density at radius 1 is 1.60 bits per heavy atom. The number of hydrogen-bond acceptors (Lipinski definition) is 1. The van der Waals surface area contributed by atoms with E-state index in [0.29, 0.717) is 25.2 Å². The van der Waals surface area contributed by atoms with Gasteiger partial charge in [-0.25, -0.2) is 0 Å². The molecule has 86 valence electrons. The van der Waals surface area contributed by atoms with Crippen molar-refractivity contribution < 1.29 is 11.5 Å². The average molecular weight is 217 g/mol. The summed E-state index contributed by atoms with van der Waals surface area (Å²) in [5.41, 5.74) is -0.231. The molecule has 0 aromatic heterocycles. The van der Waals surface area contributed by atoms with E-state index >= 15 is 0 Å². The standard InChI is InChI=1S/C12H19F2N/c1-9(2)6-12-4-3-5-15(12)8-10(7-12)11(13)14/h9H,3-8H2,1-2H3/t12-/m1/s1/i5D2. The Bertz CT molecular complexity index is 350. The lowest BCUT2D eigenvalue weighted by Crippen LogP contribution is -2.39. The second-order valence-electron chi connectivity index (χ2n) is 5.11. The minimum atomic E-state index is -1.61. The molecule has 3 heteroatoms. The first-order valence-electron chi connectivity index (χ1n) is 6.58. The van der Waals surface area contributed by atoms with Crippen molar-refractivity contribution in [1.82, 2.24) is 4.90 Å². The summed E-state index contributed by atoms with van der Waals surface area (Å²) in [5, 5.41) is 0. The minimum absolute atomic E-state index is 0.0993. The highest BCUT2D eigenvalue weighted by atomic mass is 19.3. The van der Waals surface area contributed by atoms with Crippen LogP contribution >= 0.6 is 0 Å². The van der Waals surface area contributed by atoms with E-state index in [0.717, 1.165) is 6.42 Å². The van der Waals surface area contributed by atoms with Crippen LogP contribution < -0.4 is 0 Å². The summed E-state index contributed by atoms with van der Waals surface area (Å²) < 4.78 is 41.4. The molecular formula is C12H19F2N. The van der Waals surface area contributed by atoms with Crippen LogP contribution in [0.2, 0.25) is 0 Å². The quantitative estimate of drug-likeness (QED) is 0.685. The highest BCUT2D eigenvalue weighted by molar-refractivity contribution is 5.21. The van der Waals surface area contributed by atoms with Crippen molar-refractivity contribution in [1.29, 1.82) is 0 Å². The normalized spacial score (nSPS) is 36.7. The Kier molecular flexibility index (Phi) is 2.23. The first-order valence-corrected chi connectivity index (χ1v) is 5.58. The monoisotopic (exact) mass is 217 g/mol. The van der Waals surface area contributed by atoms with Crippen LogP contribution in [-0.4, -0.2) is 23.5 Å². The minimum Gasteiger partial charge on any atom is -0.293 e. The molecule has 0 aromatic rings. The van der Waals surface area contributed by atoms with Crippen LogP contribution in [0.15, 0.2) is 11.7 Å². The Morgan fingerprint density at radius 2 is 2.33 bits per heavy atom. The highest BCUT2D eigenvalue weighted by Crippen LogP contribution is 2.46. The van der Waals surface area contributed by atoms with Crippen LogP contribution in [0.1, 0.15) is 42.3 Å². The third kappa shape index (κ3) is 1.94. The molecule has 2 heterocycles. The van der Waals surface area contributed by atoms with Crippen LogP contribution in [0.25, 0.3) is 0 Å². The number of nitrogens with zero attached hydrogens (tertiary/aromatic N) is 1. The fourth-order valence-electron chi connectivity index (χ4n) is 2.95. The summed E-state index contributed by atoms with van der Waals surface area (Å²) >= 11 is 0. The van der Waals surface area contributed by atoms with Gasteiger partial charge in [0.2, 0.25) is 0 Å². The molecule has 15 heavy (non-hydrogen) atoms. The van der Waals surface area contributed by atoms with Crippen molar-refractivity contribution in [2.24, 2.45) is 5.92 Å². The molecule has 2 fully saturated rings. The van der Waals surface area contributed by atoms with Gasteiger partial charge < -0.3 is 0 Å². The molecule has 1 nitrogen and oxygen atoms in total. The van der Waals surface area contributed by atoms with Crippen LogP contribution in [0.3, 0.4) is 0 Å². The first-order chi connectivity index (χ1) is 7.77. The Hall–Kier alpha value is -0.440. The fourth-order valence-corrected chi connectivity index (χ4v) is 2.95. The lowest BCUT2D eigenvalue weighted by atomic mass is 9.84. The number of hydrogen-bond donors (Lipinski definition) is 0. The number of fused-ring (bicyclic) bond motifs is 1. The summed E-state index contributed by atoms with van der Waals surface area (Å²) in [7, 11) is 0. The van der Waals surface area contributed by atoms with Gasteiger partial charge in [0, 0.05) is 20.4 Å². The predicted octanol–water partition coefficient (Wildman–Crippen LogP) is 3.42.